The van der Waals surface area contributed by atoms with Crippen molar-refractivity contribution in [3.05, 3.63) is 67.5 Å². The van der Waals surface area contributed by atoms with Crippen molar-refractivity contribution in [1.29, 1.82) is 0 Å². The van der Waals surface area contributed by atoms with E-state index in [2.05, 4.69) is 17.0 Å². The fourth-order valence-electron chi connectivity index (χ4n) is 3.44. The molecule has 0 spiro atoms. The average molecular weight is 370 g/mol. The highest BCUT2D eigenvalue weighted by Crippen LogP contribution is 2.37. The minimum Gasteiger partial charge on any atom is -0.472 e. The Kier molecular flexibility index (Phi) is 3.96. The molecule has 4 nitrogen and oxygen atoms in total. The van der Waals surface area contributed by atoms with Gasteiger partial charge in [-0.15, -0.1) is 0 Å². The molecule has 5 heteroatoms. The zero-order valence-corrected chi connectivity index (χ0v) is 16.0. The Balaban J connectivity index is 1.83. The summed E-state index contributed by atoms with van der Waals surface area (Å²) >= 11 is 6.28. The smallest absolute Gasteiger partial charge is 0.339 e. The first-order valence-electron chi connectivity index (χ1n) is 8.57. The second-order valence-corrected chi connectivity index (χ2v) is 7.32. The number of fused-ring (bicyclic) bond motifs is 2. The second-order valence-electron chi connectivity index (χ2n) is 6.91. The Bertz CT molecular complexity index is 1100. The molecule has 0 atom stereocenters. The van der Waals surface area contributed by atoms with E-state index >= 15 is 0 Å². The summed E-state index contributed by atoms with van der Waals surface area (Å²) in [5, 5.41) is 1.71. The lowest BCUT2D eigenvalue weighted by atomic mass is 9.99. The number of hydrogen-bond donors (Lipinski definition) is 0. The molecule has 0 aliphatic carbocycles. The number of halogens is 1. The summed E-state index contributed by atoms with van der Waals surface area (Å²) < 4.78 is 11.6. The van der Waals surface area contributed by atoms with Gasteiger partial charge in [0.2, 0.25) is 0 Å². The normalized spacial score (nSPS) is 13.7. The minimum absolute atomic E-state index is 0.287. The SMILES string of the molecule is Cc1ccc(N2COc3c(cc4c(C)c(C)c(=O)oc4c3C)C2)cc1Cl. The van der Waals surface area contributed by atoms with E-state index in [4.69, 9.17) is 20.8 Å². The van der Waals surface area contributed by atoms with E-state index in [9.17, 15) is 4.79 Å². The molecule has 134 valence electrons. The Labute approximate surface area is 156 Å². The first kappa shape index (κ1) is 17.0. The summed E-state index contributed by atoms with van der Waals surface area (Å²) in [6, 6.07) is 8.11. The van der Waals surface area contributed by atoms with E-state index in [1.165, 1.54) is 0 Å². The van der Waals surface area contributed by atoms with Gasteiger partial charge < -0.3 is 14.1 Å². The molecule has 1 aromatic heterocycles. The number of benzene rings is 2. The van der Waals surface area contributed by atoms with Gasteiger partial charge in [0, 0.05) is 39.3 Å². The zero-order valence-electron chi connectivity index (χ0n) is 15.3. The molecular weight excluding hydrogens is 350 g/mol. The molecule has 0 unspecified atom stereocenters. The van der Waals surface area contributed by atoms with Gasteiger partial charge in [0.15, 0.2) is 6.73 Å². The van der Waals surface area contributed by atoms with Crippen LogP contribution >= 0.6 is 11.6 Å². The van der Waals surface area contributed by atoms with Crippen LogP contribution in [0.25, 0.3) is 11.0 Å². The van der Waals surface area contributed by atoms with Gasteiger partial charge in [0.05, 0.1) is 0 Å². The first-order valence-corrected chi connectivity index (χ1v) is 8.95. The summed E-state index contributed by atoms with van der Waals surface area (Å²) in [4.78, 5) is 14.2. The first-order chi connectivity index (χ1) is 12.4. The van der Waals surface area contributed by atoms with E-state index in [1.807, 2.05) is 32.9 Å². The van der Waals surface area contributed by atoms with E-state index in [-0.39, 0.29) is 5.63 Å². The van der Waals surface area contributed by atoms with E-state index in [1.54, 1.807) is 6.92 Å². The topological polar surface area (TPSA) is 42.7 Å². The van der Waals surface area contributed by atoms with Gasteiger partial charge in [-0.1, -0.05) is 17.7 Å². The second kappa shape index (κ2) is 6.06. The maximum Gasteiger partial charge on any atom is 0.339 e. The third-order valence-corrected chi connectivity index (χ3v) is 5.66. The fraction of sp³-hybridized carbons (Fsp3) is 0.286. The number of anilines is 1. The van der Waals surface area contributed by atoms with Crippen molar-refractivity contribution in [3.63, 3.8) is 0 Å². The van der Waals surface area contributed by atoms with Crippen molar-refractivity contribution >= 4 is 28.3 Å². The van der Waals surface area contributed by atoms with Gasteiger partial charge in [0.1, 0.15) is 11.3 Å². The van der Waals surface area contributed by atoms with Crippen molar-refractivity contribution in [2.24, 2.45) is 0 Å². The number of rotatable bonds is 1. The minimum atomic E-state index is -0.287. The standard InChI is InChI=1S/C21H20ClNO3/c1-11-5-6-16(8-18(11)22)23-9-15-7-17-12(2)13(3)21(24)26-20(17)14(4)19(15)25-10-23/h5-8H,9-10H2,1-4H3. The summed E-state index contributed by atoms with van der Waals surface area (Å²) in [5.41, 5.74) is 5.96. The van der Waals surface area contributed by atoms with Gasteiger partial charge >= 0.3 is 5.63 Å². The Morgan fingerprint density at radius 2 is 1.81 bits per heavy atom. The molecule has 0 N–H and O–H groups in total. The molecule has 2 heterocycles. The quantitative estimate of drug-likeness (QED) is 0.564. The monoisotopic (exact) mass is 369 g/mol. The summed E-state index contributed by atoms with van der Waals surface area (Å²) in [5.74, 6) is 0.804. The van der Waals surface area contributed by atoms with Crippen LogP contribution in [-0.2, 0) is 6.54 Å². The molecule has 0 amide bonds. The van der Waals surface area contributed by atoms with E-state index in [0.717, 1.165) is 44.1 Å². The number of nitrogens with zero attached hydrogens (tertiary/aromatic N) is 1. The van der Waals surface area contributed by atoms with Gasteiger partial charge in [-0.2, -0.15) is 0 Å². The predicted octanol–water partition coefficient (Wildman–Crippen LogP) is 5.04. The van der Waals surface area contributed by atoms with Crippen LogP contribution in [0.4, 0.5) is 5.69 Å². The lowest BCUT2D eigenvalue weighted by Gasteiger charge is -2.32. The Morgan fingerprint density at radius 1 is 1.04 bits per heavy atom. The highest BCUT2D eigenvalue weighted by atomic mass is 35.5. The molecule has 0 bridgehead atoms. The van der Waals surface area contributed by atoms with Crippen LogP contribution in [0.15, 0.2) is 33.5 Å². The molecule has 1 aliphatic rings. The molecule has 1 aliphatic heterocycles. The lowest BCUT2D eigenvalue weighted by Crippen LogP contribution is -2.32. The van der Waals surface area contributed by atoms with Gasteiger partial charge in [-0.25, -0.2) is 4.79 Å². The zero-order chi connectivity index (χ0) is 18.6. The van der Waals surface area contributed by atoms with Crippen molar-refractivity contribution in [2.75, 3.05) is 11.6 Å². The highest BCUT2D eigenvalue weighted by Gasteiger charge is 2.23. The van der Waals surface area contributed by atoms with Crippen LogP contribution in [-0.4, -0.2) is 6.73 Å². The maximum atomic E-state index is 12.0. The van der Waals surface area contributed by atoms with E-state index in [0.29, 0.717) is 24.4 Å². The van der Waals surface area contributed by atoms with Crippen LogP contribution in [0.5, 0.6) is 5.75 Å². The molecule has 0 fully saturated rings. The Hall–Kier alpha value is -2.46. The summed E-state index contributed by atoms with van der Waals surface area (Å²) in [6.45, 7) is 8.82. The maximum absolute atomic E-state index is 12.0. The van der Waals surface area contributed by atoms with Gasteiger partial charge in [-0.05, 0) is 57.0 Å². The molecule has 26 heavy (non-hydrogen) atoms. The number of hydrogen-bond acceptors (Lipinski definition) is 4. The average Bonchev–Trinajstić information content (AvgIpc) is 2.63. The molecule has 2 aromatic carbocycles. The predicted molar refractivity (Wildman–Crippen MR) is 105 cm³/mol. The summed E-state index contributed by atoms with van der Waals surface area (Å²) in [6.07, 6.45) is 0. The van der Waals surface area contributed by atoms with Crippen LogP contribution < -0.4 is 15.3 Å². The molecular formula is C21H20ClNO3. The third kappa shape index (κ3) is 2.56. The van der Waals surface area contributed by atoms with Gasteiger partial charge in [0.25, 0.3) is 0 Å². The van der Waals surface area contributed by atoms with Crippen LogP contribution in [0.1, 0.15) is 27.8 Å². The largest absolute Gasteiger partial charge is 0.472 e. The molecule has 0 saturated carbocycles. The van der Waals surface area contributed by atoms with Crippen LogP contribution in [0, 0.1) is 27.7 Å². The van der Waals surface area contributed by atoms with Crippen molar-refractivity contribution in [2.45, 2.75) is 34.2 Å². The molecule has 0 saturated heterocycles. The van der Waals surface area contributed by atoms with Crippen LogP contribution in [0.2, 0.25) is 5.02 Å². The van der Waals surface area contributed by atoms with E-state index < -0.39 is 0 Å². The highest BCUT2D eigenvalue weighted by molar-refractivity contribution is 6.31. The third-order valence-electron chi connectivity index (χ3n) is 5.25. The van der Waals surface area contributed by atoms with Crippen molar-refractivity contribution < 1.29 is 9.15 Å². The van der Waals surface area contributed by atoms with Gasteiger partial charge in [-0.3, -0.25) is 0 Å². The fourth-order valence-corrected chi connectivity index (χ4v) is 3.62. The molecule has 3 aromatic rings. The summed E-state index contributed by atoms with van der Waals surface area (Å²) in [7, 11) is 0. The van der Waals surface area contributed by atoms with Crippen molar-refractivity contribution in [3.8, 4) is 5.75 Å². The number of aryl methyl sites for hydroxylation is 3. The Morgan fingerprint density at radius 3 is 2.54 bits per heavy atom. The number of ether oxygens (including phenoxy) is 1. The van der Waals surface area contributed by atoms with Crippen LogP contribution in [0.3, 0.4) is 0 Å². The van der Waals surface area contributed by atoms with Crippen molar-refractivity contribution in [1.82, 2.24) is 0 Å². The molecule has 0 radical (unpaired) electrons. The lowest BCUT2D eigenvalue weighted by molar-refractivity contribution is 0.287. The molecule has 4 rings (SSSR count).